The molecular weight excluding hydrogens is 249 g/mol. The third-order valence-corrected chi connectivity index (χ3v) is 3.04. The minimum absolute atomic E-state index is 0.246. The second-order valence-corrected chi connectivity index (χ2v) is 4.39. The van der Waals surface area contributed by atoms with E-state index in [0.29, 0.717) is 19.0 Å². The van der Waals surface area contributed by atoms with Gasteiger partial charge in [0.2, 0.25) is 0 Å². The van der Waals surface area contributed by atoms with Crippen molar-refractivity contribution in [3.05, 3.63) is 41.7 Å². The van der Waals surface area contributed by atoms with Crippen molar-refractivity contribution in [1.82, 2.24) is 14.8 Å². The summed E-state index contributed by atoms with van der Waals surface area (Å²) in [6, 6.07) is 5.94. The van der Waals surface area contributed by atoms with Crippen LogP contribution < -0.4 is 4.74 Å². The second kappa shape index (κ2) is 4.97. The summed E-state index contributed by atoms with van der Waals surface area (Å²) in [5, 5.41) is 8.23. The maximum atomic E-state index is 12.8. The van der Waals surface area contributed by atoms with Crippen molar-refractivity contribution in [3.63, 3.8) is 0 Å². The Kier molecular flexibility index (Phi) is 3.16. The predicted octanol–water partition coefficient (Wildman–Crippen LogP) is 2.09. The zero-order chi connectivity index (χ0) is 13.2. The van der Waals surface area contributed by atoms with E-state index in [1.807, 2.05) is 11.5 Å². The maximum absolute atomic E-state index is 12.8. The van der Waals surface area contributed by atoms with Crippen molar-refractivity contribution in [2.45, 2.75) is 26.2 Å². The number of aromatic nitrogens is 3. The number of halogens is 1. The molecule has 0 fully saturated rings. The van der Waals surface area contributed by atoms with Gasteiger partial charge in [0.15, 0.2) is 17.8 Å². The minimum Gasteiger partial charge on any atom is -0.483 e. The van der Waals surface area contributed by atoms with Gasteiger partial charge < -0.3 is 14.0 Å². The van der Waals surface area contributed by atoms with Crippen molar-refractivity contribution in [2.75, 3.05) is 6.61 Å². The van der Waals surface area contributed by atoms with Crippen LogP contribution in [0.4, 0.5) is 4.39 Å². The summed E-state index contributed by atoms with van der Waals surface area (Å²) in [6.45, 7) is 3.77. The van der Waals surface area contributed by atoms with E-state index in [1.165, 1.54) is 12.1 Å². The number of hydrogen-bond donors (Lipinski definition) is 0. The highest BCUT2D eigenvalue weighted by Crippen LogP contribution is 2.22. The molecule has 3 rings (SSSR count). The first-order valence-electron chi connectivity index (χ1n) is 6.16. The Morgan fingerprint density at radius 1 is 1.32 bits per heavy atom. The Hall–Kier alpha value is -1.95. The molecule has 0 N–H and O–H groups in total. The average molecular weight is 263 g/mol. The molecule has 1 aromatic heterocycles. The number of hydrogen-bond acceptors (Lipinski definition) is 4. The first kappa shape index (κ1) is 12.1. The molecule has 0 saturated carbocycles. The molecule has 2 aromatic rings. The van der Waals surface area contributed by atoms with Gasteiger partial charge in [-0.2, -0.15) is 0 Å². The molecule has 0 unspecified atom stereocenters. The first-order valence-corrected chi connectivity index (χ1v) is 6.16. The van der Waals surface area contributed by atoms with E-state index in [1.54, 1.807) is 12.1 Å². The molecule has 0 saturated heterocycles. The molecule has 2 heterocycles. The summed E-state index contributed by atoms with van der Waals surface area (Å²) in [6.07, 6.45) is -0.246. The lowest BCUT2D eigenvalue weighted by Crippen LogP contribution is -2.21. The molecule has 0 radical (unpaired) electrons. The molecular formula is C13H14FN3O2. The molecule has 1 aliphatic rings. The Balaban J connectivity index is 1.78. The summed E-state index contributed by atoms with van der Waals surface area (Å²) in [5.41, 5.74) is 0. The van der Waals surface area contributed by atoms with Crippen molar-refractivity contribution in [3.8, 4) is 5.75 Å². The number of rotatable bonds is 3. The smallest absolute Gasteiger partial charge is 0.174 e. The SMILES string of the molecule is C[C@H](Oc1ccc(F)cc1)c1nnc2n1CCOC2. The fourth-order valence-corrected chi connectivity index (χ4v) is 2.09. The summed E-state index contributed by atoms with van der Waals surface area (Å²) in [7, 11) is 0. The zero-order valence-corrected chi connectivity index (χ0v) is 10.5. The number of ether oxygens (including phenoxy) is 2. The van der Waals surface area contributed by atoms with Gasteiger partial charge in [-0.1, -0.05) is 0 Å². The summed E-state index contributed by atoms with van der Waals surface area (Å²) < 4.78 is 25.9. The maximum Gasteiger partial charge on any atom is 0.174 e. The third-order valence-electron chi connectivity index (χ3n) is 3.04. The van der Waals surface area contributed by atoms with E-state index >= 15 is 0 Å². The van der Waals surface area contributed by atoms with E-state index in [2.05, 4.69) is 10.2 Å². The zero-order valence-electron chi connectivity index (χ0n) is 10.5. The van der Waals surface area contributed by atoms with E-state index in [-0.39, 0.29) is 11.9 Å². The molecule has 0 amide bonds. The Labute approximate surface area is 110 Å². The number of fused-ring (bicyclic) bond motifs is 1. The fraction of sp³-hybridized carbons (Fsp3) is 0.385. The van der Waals surface area contributed by atoms with Crippen LogP contribution in [0.25, 0.3) is 0 Å². The normalized spacial score (nSPS) is 15.9. The Morgan fingerprint density at radius 3 is 2.89 bits per heavy atom. The van der Waals surface area contributed by atoms with Crippen LogP contribution >= 0.6 is 0 Å². The van der Waals surface area contributed by atoms with Gasteiger partial charge in [0, 0.05) is 6.54 Å². The lowest BCUT2D eigenvalue weighted by molar-refractivity contribution is 0.0778. The van der Waals surface area contributed by atoms with Gasteiger partial charge in [0.1, 0.15) is 18.2 Å². The molecule has 5 nitrogen and oxygen atoms in total. The molecule has 0 spiro atoms. The van der Waals surface area contributed by atoms with Crippen LogP contribution in [0.1, 0.15) is 24.7 Å². The fourth-order valence-electron chi connectivity index (χ4n) is 2.09. The third kappa shape index (κ3) is 2.44. The van der Waals surface area contributed by atoms with E-state index < -0.39 is 0 Å². The molecule has 6 heteroatoms. The summed E-state index contributed by atoms with van der Waals surface area (Å²) >= 11 is 0. The van der Waals surface area contributed by atoms with Gasteiger partial charge in [-0.25, -0.2) is 4.39 Å². The van der Waals surface area contributed by atoms with Crippen molar-refractivity contribution in [1.29, 1.82) is 0 Å². The molecule has 1 aliphatic heterocycles. The highest BCUT2D eigenvalue weighted by molar-refractivity contribution is 5.22. The van der Waals surface area contributed by atoms with Gasteiger partial charge >= 0.3 is 0 Å². The largest absolute Gasteiger partial charge is 0.483 e. The van der Waals surface area contributed by atoms with Crippen LogP contribution in [0.3, 0.4) is 0 Å². The molecule has 1 aromatic carbocycles. The summed E-state index contributed by atoms with van der Waals surface area (Å²) in [4.78, 5) is 0. The molecule has 0 aliphatic carbocycles. The number of nitrogens with zero attached hydrogens (tertiary/aromatic N) is 3. The van der Waals surface area contributed by atoms with Crippen molar-refractivity contribution >= 4 is 0 Å². The van der Waals surface area contributed by atoms with Crippen molar-refractivity contribution in [2.24, 2.45) is 0 Å². The van der Waals surface area contributed by atoms with Gasteiger partial charge in [0.05, 0.1) is 6.61 Å². The van der Waals surface area contributed by atoms with Crippen LogP contribution in [-0.4, -0.2) is 21.4 Å². The molecule has 1 atom stereocenters. The number of benzene rings is 1. The second-order valence-electron chi connectivity index (χ2n) is 4.39. The van der Waals surface area contributed by atoms with Crippen molar-refractivity contribution < 1.29 is 13.9 Å². The predicted molar refractivity (Wildman–Crippen MR) is 65.1 cm³/mol. The van der Waals surface area contributed by atoms with Crippen LogP contribution in [-0.2, 0) is 17.9 Å². The van der Waals surface area contributed by atoms with Gasteiger partial charge in [-0.3, -0.25) is 0 Å². The average Bonchev–Trinajstić information content (AvgIpc) is 2.85. The highest BCUT2D eigenvalue weighted by atomic mass is 19.1. The standard InChI is InChI=1S/C13H14FN3O2/c1-9(19-11-4-2-10(14)3-5-11)13-16-15-12-8-18-7-6-17(12)13/h2-5,9H,6-8H2,1H3/t9-/m0/s1. The van der Waals surface area contributed by atoms with Gasteiger partial charge in [0.25, 0.3) is 0 Å². The quantitative estimate of drug-likeness (QED) is 0.850. The molecule has 100 valence electrons. The van der Waals surface area contributed by atoms with E-state index in [0.717, 1.165) is 18.2 Å². The van der Waals surface area contributed by atoms with E-state index in [4.69, 9.17) is 9.47 Å². The van der Waals surface area contributed by atoms with Crippen LogP contribution in [0.15, 0.2) is 24.3 Å². The highest BCUT2D eigenvalue weighted by Gasteiger charge is 2.21. The topological polar surface area (TPSA) is 49.2 Å². The van der Waals surface area contributed by atoms with Gasteiger partial charge in [-0.05, 0) is 31.2 Å². The molecule has 0 bridgehead atoms. The van der Waals surface area contributed by atoms with Gasteiger partial charge in [-0.15, -0.1) is 10.2 Å². The van der Waals surface area contributed by atoms with Crippen LogP contribution in [0.5, 0.6) is 5.75 Å². The summed E-state index contributed by atoms with van der Waals surface area (Å²) in [5.74, 6) is 1.91. The monoisotopic (exact) mass is 263 g/mol. The van der Waals surface area contributed by atoms with Crippen LogP contribution in [0, 0.1) is 5.82 Å². The minimum atomic E-state index is -0.281. The Bertz CT molecular complexity index is 568. The lowest BCUT2D eigenvalue weighted by Gasteiger charge is -2.19. The van der Waals surface area contributed by atoms with Crippen LogP contribution in [0.2, 0.25) is 0 Å². The lowest BCUT2D eigenvalue weighted by atomic mass is 10.3. The molecule has 19 heavy (non-hydrogen) atoms. The van der Waals surface area contributed by atoms with E-state index in [9.17, 15) is 4.39 Å². The first-order chi connectivity index (χ1) is 9.24. The Morgan fingerprint density at radius 2 is 2.11 bits per heavy atom.